The maximum absolute atomic E-state index is 6.46. The minimum absolute atomic E-state index is 0.0783. The van der Waals surface area contributed by atoms with E-state index in [1.165, 1.54) is 38.5 Å². The number of rotatable bonds is 6. The Labute approximate surface area is 133 Å². The Balaban J connectivity index is 1.67. The Morgan fingerprint density at radius 1 is 1.24 bits per heavy atom. The van der Waals surface area contributed by atoms with Crippen molar-refractivity contribution in [2.24, 2.45) is 5.92 Å². The maximum Gasteiger partial charge on any atom is 0.0967 e. The van der Waals surface area contributed by atoms with Gasteiger partial charge in [0.25, 0.3) is 0 Å². The second-order valence-corrected chi connectivity index (χ2v) is 7.13. The van der Waals surface area contributed by atoms with Crippen LogP contribution in [-0.2, 0) is 4.74 Å². The molecule has 0 bridgehead atoms. The molecule has 21 heavy (non-hydrogen) atoms. The van der Waals surface area contributed by atoms with Crippen molar-refractivity contribution in [3.05, 3.63) is 34.9 Å². The van der Waals surface area contributed by atoms with E-state index in [9.17, 15) is 0 Å². The summed E-state index contributed by atoms with van der Waals surface area (Å²) in [7, 11) is 0. The van der Waals surface area contributed by atoms with Crippen molar-refractivity contribution in [1.29, 1.82) is 0 Å². The van der Waals surface area contributed by atoms with Gasteiger partial charge >= 0.3 is 0 Å². The topological polar surface area (TPSA) is 21.3 Å². The summed E-state index contributed by atoms with van der Waals surface area (Å²) in [4.78, 5) is 0. The third-order valence-corrected chi connectivity index (χ3v) is 5.01. The van der Waals surface area contributed by atoms with E-state index in [1.807, 2.05) is 12.1 Å². The van der Waals surface area contributed by atoms with Gasteiger partial charge in [-0.15, -0.1) is 0 Å². The first-order valence-corrected chi connectivity index (χ1v) is 8.73. The zero-order valence-electron chi connectivity index (χ0n) is 12.9. The molecule has 0 saturated heterocycles. The van der Waals surface area contributed by atoms with Gasteiger partial charge in [0.15, 0.2) is 0 Å². The van der Waals surface area contributed by atoms with Gasteiger partial charge in [-0.3, -0.25) is 0 Å². The highest BCUT2D eigenvalue weighted by Gasteiger charge is 2.27. The minimum Gasteiger partial charge on any atom is -0.369 e. The molecule has 116 valence electrons. The minimum atomic E-state index is 0.0783. The fourth-order valence-electron chi connectivity index (χ4n) is 3.26. The summed E-state index contributed by atoms with van der Waals surface area (Å²) in [5.74, 6) is 0.784. The highest BCUT2D eigenvalue weighted by atomic mass is 35.5. The van der Waals surface area contributed by atoms with E-state index in [4.69, 9.17) is 16.3 Å². The molecule has 0 aliphatic heterocycles. The zero-order chi connectivity index (χ0) is 14.7. The molecule has 2 aliphatic rings. The lowest BCUT2D eigenvalue weighted by Gasteiger charge is -2.31. The van der Waals surface area contributed by atoms with Crippen molar-refractivity contribution in [3.8, 4) is 0 Å². The molecule has 0 amide bonds. The summed E-state index contributed by atoms with van der Waals surface area (Å²) in [6, 6.07) is 8.81. The molecule has 3 unspecified atom stereocenters. The van der Waals surface area contributed by atoms with Gasteiger partial charge in [0.2, 0.25) is 0 Å². The van der Waals surface area contributed by atoms with Crippen molar-refractivity contribution < 1.29 is 4.74 Å². The molecule has 2 nitrogen and oxygen atoms in total. The van der Waals surface area contributed by atoms with Gasteiger partial charge in [0, 0.05) is 23.2 Å². The molecule has 0 aromatic heterocycles. The lowest BCUT2D eigenvalue weighted by Crippen LogP contribution is -2.30. The van der Waals surface area contributed by atoms with E-state index in [-0.39, 0.29) is 6.10 Å². The summed E-state index contributed by atoms with van der Waals surface area (Å²) in [6.45, 7) is 3.21. The van der Waals surface area contributed by atoms with E-state index in [0.717, 1.165) is 23.0 Å². The van der Waals surface area contributed by atoms with Gasteiger partial charge < -0.3 is 10.1 Å². The number of benzene rings is 1. The van der Waals surface area contributed by atoms with Crippen LogP contribution in [0.25, 0.3) is 0 Å². The normalized spacial score (nSPS) is 27.5. The van der Waals surface area contributed by atoms with Crippen LogP contribution in [0.15, 0.2) is 24.3 Å². The highest BCUT2D eigenvalue weighted by molar-refractivity contribution is 6.31. The number of hydrogen-bond donors (Lipinski definition) is 1. The second-order valence-electron chi connectivity index (χ2n) is 6.72. The Hall–Kier alpha value is -0.570. The first-order chi connectivity index (χ1) is 10.2. The first-order valence-electron chi connectivity index (χ1n) is 8.35. The number of halogens is 1. The van der Waals surface area contributed by atoms with E-state index in [0.29, 0.717) is 12.1 Å². The summed E-state index contributed by atoms with van der Waals surface area (Å²) in [5, 5.41) is 4.42. The largest absolute Gasteiger partial charge is 0.369 e. The van der Waals surface area contributed by atoms with E-state index < -0.39 is 0 Å². The number of hydrogen-bond acceptors (Lipinski definition) is 2. The molecule has 3 rings (SSSR count). The Morgan fingerprint density at radius 3 is 2.76 bits per heavy atom. The summed E-state index contributed by atoms with van der Waals surface area (Å²) < 4.78 is 6.46. The van der Waals surface area contributed by atoms with Crippen LogP contribution in [-0.4, -0.2) is 18.7 Å². The van der Waals surface area contributed by atoms with Crippen LogP contribution in [0.1, 0.15) is 57.1 Å². The predicted molar refractivity (Wildman–Crippen MR) is 87.7 cm³/mol. The molecule has 2 fully saturated rings. The van der Waals surface area contributed by atoms with Crippen molar-refractivity contribution in [3.63, 3.8) is 0 Å². The van der Waals surface area contributed by atoms with Crippen LogP contribution < -0.4 is 5.32 Å². The van der Waals surface area contributed by atoms with Gasteiger partial charge in [-0.05, 0) is 37.7 Å². The van der Waals surface area contributed by atoms with Gasteiger partial charge in [-0.2, -0.15) is 0 Å². The molecule has 0 spiro atoms. The fourth-order valence-corrected chi connectivity index (χ4v) is 3.52. The van der Waals surface area contributed by atoms with E-state index >= 15 is 0 Å². The van der Waals surface area contributed by atoms with Crippen LogP contribution in [0, 0.1) is 5.92 Å². The molecule has 3 atom stereocenters. The SMILES string of the molecule is CC1CCCC(OC(CNC2CC2)c2ccccc2Cl)C1. The smallest absolute Gasteiger partial charge is 0.0967 e. The van der Waals surface area contributed by atoms with Gasteiger partial charge in [-0.1, -0.05) is 49.6 Å². The molecule has 2 saturated carbocycles. The fraction of sp³-hybridized carbons (Fsp3) is 0.667. The van der Waals surface area contributed by atoms with Crippen LogP contribution in [0.4, 0.5) is 0 Å². The van der Waals surface area contributed by atoms with Crippen LogP contribution in [0.5, 0.6) is 0 Å². The molecule has 0 heterocycles. The van der Waals surface area contributed by atoms with Crippen molar-refractivity contribution in [2.45, 2.75) is 63.7 Å². The van der Waals surface area contributed by atoms with Crippen LogP contribution in [0.2, 0.25) is 5.02 Å². The summed E-state index contributed by atoms with van der Waals surface area (Å²) in [5.41, 5.74) is 1.13. The Bertz CT molecular complexity index is 460. The number of nitrogens with one attached hydrogen (secondary N) is 1. The van der Waals surface area contributed by atoms with Crippen LogP contribution in [0.3, 0.4) is 0 Å². The second kappa shape index (κ2) is 7.13. The molecule has 1 aromatic carbocycles. The Kier molecular flexibility index (Phi) is 5.20. The van der Waals surface area contributed by atoms with Crippen molar-refractivity contribution in [2.75, 3.05) is 6.54 Å². The number of ether oxygens (including phenoxy) is 1. The molecular weight excluding hydrogens is 282 g/mol. The van der Waals surface area contributed by atoms with Gasteiger partial charge in [0.1, 0.15) is 0 Å². The van der Waals surface area contributed by atoms with Crippen molar-refractivity contribution in [1.82, 2.24) is 5.32 Å². The average molecular weight is 308 g/mol. The zero-order valence-corrected chi connectivity index (χ0v) is 13.6. The Morgan fingerprint density at radius 2 is 2.05 bits per heavy atom. The monoisotopic (exact) mass is 307 g/mol. The standard InChI is InChI=1S/C18H26ClNO/c1-13-5-4-6-15(11-13)21-18(12-20-14-9-10-14)16-7-2-3-8-17(16)19/h2-3,7-8,13-15,18,20H,4-6,9-12H2,1H3. The third-order valence-electron chi connectivity index (χ3n) is 4.67. The molecule has 3 heteroatoms. The van der Waals surface area contributed by atoms with Crippen LogP contribution >= 0.6 is 11.6 Å². The lowest BCUT2D eigenvalue weighted by atomic mass is 9.88. The van der Waals surface area contributed by atoms with Gasteiger partial charge in [0.05, 0.1) is 12.2 Å². The quantitative estimate of drug-likeness (QED) is 0.820. The summed E-state index contributed by atoms with van der Waals surface area (Å²) in [6.07, 6.45) is 8.07. The predicted octanol–water partition coefficient (Wildman–Crippen LogP) is 4.73. The molecular formula is C18H26ClNO. The van der Waals surface area contributed by atoms with Gasteiger partial charge in [-0.25, -0.2) is 0 Å². The maximum atomic E-state index is 6.46. The average Bonchev–Trinajstić information content (AvgIpc) is 3.28. The molecule has 1 aromatic rings. The molecule has 2 aliphatic carbocycles. The molecule has 1 N–H and O–H groups in total. The third kappa shape index (κ3) is 4.45. The van der Waals surface area contributed by atoms with Crippen molar-refractivity contribution >= 4 is 11.6 Å². The highest BCUT2D eigenvalue weighted by Crippen LogP contribution is 2.33. The lowest BCUT2D eigenvalue weighted by molar-refractivity contribution is -0.0396. The molecule has 0 radical (unpaired) electrons. The van der Waals surface area contributed by atoms with E-state index in [2.05, 4.69) is 24.4 Å². The first kappa shape index (κ1) is 15.3. The summed E-state index contributed by atoms with van der Waals surface area (Å²) >= 11 is 6.39. The van der Waals surface area contributed by atoms with E-state index in [1.54, 1.807) is 0 Å².